The number of ether oxygens (including phenoxy) is 2. The van der Waals surface area contributed by atoms with Gasteiger partial charge in [-0.05, 0) is 24.3 Å². The summed E-state index contributed by atoms with van der Waals surface area (Å²) in [5, 5.41) is 4.16. The Labute approximate surface area is 154 Å². The molecule has 142 valence electrons. The van der Waals surface area contributed by atoms with Crippen molar-refractivity contribution < 1.29 is 17.9 Å². The molecule has 3 rings (SSSR count). The third-order valence-electron chi connectivity index (χ3n) is 4.44. The average Bonchev–Trinajstić information content (AvgIpc) is 3.21. The molecule has 0 aliphatic carbocycles. The van der Waals surface area contributed by atoms with Gasteiger partial charge in [0.15, 0.2) is 0 Å². The smallest absolute Gasteiger partial charge is 0.246 e. The van der Waals surface area contributed by atoms with E-state index in [0.29, 0.717) is 37.7 Å². The van der Waals surface area contributed by atoms with E-state index in [4.69, 9.17) is 9.47 Å². The number of nitrogens with zero attached hydrogens (tertiary/aromatic N) is 4. The molecule has 1 aliphatic rings. The number of hydrogen-bond donors (Lipinski definition) is 0. The minimum Gasteiger partial charge on any atom is -0.495 e. The van der Waals surface area contributed by atoms with Crippen molar-refractivity contribution in [3.8, 4) is 11.4 Å². The van der Waals surface area contributed by atoms with E-state index in [1.54, 1.807) is 48.4 Å². The number of sulfonamides is 1. The molecule has 2 heterocycles. The van der Waals surface area contributed by atoms with Gasteiger partial charge in [-0.15, -0.1) is 0 Å². The first kappa shape index (κ1) is 18.8. The Balaban J connectivity index is 1.81. The lowest BCUT2D eigenvalue weighted by Crippen LogP contribution is -2.41. The van der Waals surface area contributed by atoms with Gasteiger partial charge in [-0.1, -0.05) is 0 Å². The van der Waals surface area contributed by atoms with Crippen LogP contribution in [0.5, 0.6) is 5.75 Å². The van der Waals surface area contributed by atoms with E-state index < -0.39 is 10.0 Å². The Bertz CT molecular complexity index is 817. The predicted molar refractivity (Wildman–Crippen MR) is 97.2 cm³/mol. The largest absolute Gasteiger partial charge is 0.495 e. The summed E-state index contributed by atoms with van der Waals surface area (Å²) in [6.45, 7) is 4.10. The maximum atomic E-state index is 13.1. The SMILES string of the molecule is COc1ccc(-n2cccn2)cc1S(=O)(=O)N(C)CCN1CCOCC1. The quantitative estimate of drug-likeness (QED) is 0.708. The highest BCUT2D eigenvalue weighted by molar-refractivity contribution is 7.89. The molecule has 1 aromatic carbocycles. The van der Waals surface area contributed by atoms with E-state index in [9.17, 15) is 8.42 Å². The van der Waals surface area contributed by atoms with Crippen molar-refractivity contribution in [3.05, 3.63) is 36.7 Å². The van der Waals surface area contributed by atoms with Gasteiger partial charge in [-0.2, -0.15) is 9.40 Å². The lowest BCUT2D eigenvalue weighted by Gasteiger charge is -2.28. The minimum atomic E-state index is -3.69. The van der Waals surface area contributed by atoms with Crippen molar-refractivity contribution >= 4 is 10.0 Å². The number of aromatic nitrogens is 2. The van der Waals surface area contributed by atoms with Crippen LogP contribution >= 0.6 is 0 Å². The van der Waals surface area contributed by atoms with Crippen LogP contribution < -0.4 is 4.74 Å². The van der Waals surface area contributed by atoms with Gasteiger partial charge in [0, 0.05) is 45.6 Å². The molecule has 9 heteroatoms. The molecular weight excluding hydrogens is 356 g/mol. The Morgan fingerprint density at radius 3 is 2.73 bits per heavy atom. The number of benzene rings is 1. The van der Waals surface area contributed by atoms with Gasteiger partial charge in [0.1, 0.15) is 10.6 Å². The highest BCUT2D eigenvalue weighted by Gasteiger charge is 2.26. The van der Waals surface area contributed by atoms with Crippen molar-refractivity contribution in [2.45, 2.75) is 4.90 Å². The minimum absolute atomic E-state index is 0.137. The third-order valence-corrected chi connectivity index (χ3v) is 6.32. The molecule has 0 unspecified atom stereocenters. The summed E-state index contributed by atoms with van der Waals surface area (Å²) in [7, 11) is -0.626. The first-order chi connectivity index (χ1) is 12.5. The highest BCUT2D eigenvalue weighted by atomic mass is 32.2. The van der Waals surface area contributed by atoms with Crippen molar-refractivity contribution in [2.75, 3.05) is 53.6 Å². The predicted octanol–water partition coefficient (Wildman–Crippen LogP) is 0.834. The highest BCUT2D eigenvalue weighted by Crippen LogP contribution is 2.28. The Kier molecular flexibility index (Phi) is 5.92. The second-order valence-corrected chi connectivity index (χ2v) is 8.08. The van der Waals surface area contributed by atoms with Gasteiger partial charge >= 0.3 is 0 Å². The summed E-state index contributed by atoms with van der Waals surface area (Å²) in [5.74, 6) is 0.319. The summed E-state index contributed by atoms with van der Waals surface area (Å²) in [6.07, 6.45) is 3.41. The lowest BCUT2D eigenvalue weighted by atomic mass is 10.3. The molecular formula is C17H24N4O4S. The Morgan fingerprint density at radius 2 is 2.08 bits per heavy atom. The van der Waals surface area contributed by atoms with Crippen LogP contribution in [-0.2, 0) is 14.8 Å². The van der Waals surface area contributed by atoms with E-state index in [0.717, 1.165) is 13.1 Å². The fourth-order valence-corrected chi connectivity index (χ4v) is 4.16. The number of morpholine rings is 1. The van der Waals surface area contributed by atoms with E-state index in [2.05, 4.69) is 10.00 Å². The summed E-state index contributed by atoms with van der Waals surface area (Å²) < 4.78 is 39.8. The molecule has 26 heavy (non-hydrogen) atoms. The maximum Gasteiger partial charge on any atom is 0.246 e. The number of likely N-dealkylation sites (N-methyl/N-ethyl adjacent to an activating group) is 1. The molecule has 8 nitrogen and oxygen atoms in total. The molecule has 1 saturated heterocycles. The first-order valence-corrected chi connectivity index (χ1v) is 9.91. The molecule has 0 N–H and O–H groups in total. The van der Waals surface area contributed by atoms with Crippen molar-refractivity contribution in [1.82, 2.24) is 19.0 Å². The Hall–Kier alpha value is -1.94. The monoisotopic (exact) mass is 380 g/mol. The van der Waals surface area contributed by atoms with Crippen molar-refractivity contribution in [1.29, 1.82) is 0 Å². The van der Waals surface area contributed by atoms with Crippen LogP contribution in [-0.4, -0.2) is 81.0 Å². The van der Waals surface area contributed by atoms with Gasteiger partial charge in [0.25, 0.3) is 0 Å². The number of rotatable bonds is 7. The van der Waals surface area contributed by atoms with Gasteiger partial charge < -0.3 is 9.47 Å². The first-order valence-electron chi connectivity index (χ1n) is 8.47. The van der Waals surface area contributed by atoms with Crippen LogP contribution in [0.4, 0.5) is 0 Å². The van der Waals surface area contributed by atoms with Gasteiger partial charge in [0.05, 0.1) is 26.0 Å². The molecule has 0 amide bonds. The fraction of sp³-hybridized carbons (Fsp3) is 0.471. The fourth-order valence-electron chi connectivity index (χ4n) is 2.83. The second kappa shape index (κ2) is 8.17. The standard InChI is InChI=1S/C17H24N4O4S/c1-19(8-9-20-10-12-25-13-11-20)26(22,23)17-14-15(4-5-16(17)24-2)21-7-3-6-18-21/h3-7,14H,8-13H2,1-2H3. The summed E-state index contributed by atoms with van der Waals surface area (Å²) in [4.78, 5) is 2.34. The normalized spacial score (nSPS) is 16.1. The van der Waals surface area contributed by atoms with Crippen LogP contribution in [0.2, 0.25) is 0 Å². The summed E-state index contributed by atoms with van der Waals surface area (Å²) >= 11 is 0. The van der Waals surface area contributed by atoms with E-state index in [1.807, 2.05) is 0 Å². The zero-order chi connectivity index (χ0) is 18.6. The molecule has 0 saturated carbocycles. The van der Waals surface area contributed by atoms with Crippen LogP contribution in [0.15, 0.2) is 41.6 Å². The number of methoxy groups -OCH3 is 1. The van der Waals surface area contributed by atoms with Crippen LogP contribution in [0.3, 0.4) is 0 Å². The summed E-state index contributed by atoms with van der Waals surface area (Å²) in [5.41, 5.74) is 0.663. The molecule has 0 atom stereocenters. The van der Waals surface area contributed by atoms with Gasteiger partial charge in [-0.3, -0.25) is 4.90 Å². The van der Waals surface area contributed by atoms with Crippen molar-refractivity contribution in [3.63, 3.8) is 0 Å². The lowest BCUT2D eigenvalue weighted by molar-refractivity contribution is 0.0368. The zero-order valence-electron chi connectivity index (χ0n) is 15.0. The van der Waals surface area contributed by atoms with E-state index in [-0.39, 0.29) is 4.90 Å². The third kappa shape index (κ3) is 4.07. The van der Waals surface area contributed by atoms with Crippen LogP contribution in [0, 0.1) is 0 Å². The molecule has 1 fully saturated rings. The van der Waals surface area contributed by atoms with Crippen LogP contribution in [0.1, 0.15) is 0 Å². The second-order valence-electron chi connectivity index (χ2n) is 6.07. The maximum absolute atomic E-state index is 13.1. The molecule has 1 aliphatic heterocycles. The number of hydrogen-bond acceptors (Lipinski definition) is 6. The van der Waals surface area contributed by atoms with Gasteiger partial charge in [0.2, 0.25) is 10.0 Å². The molecule has 0 spiro atoms. The zero-order valence-corrected chi connectivity index (χ0v) is 15.9. The van der Waals surface area contributed by atoms with Gasteiger partial charge in [-0.25, -0.2) is 13.1 Å². The van der Waals surface area contributed by atoms with Crippen molar-refractivity contribution in [2.24, 2.45) is 0 Å². The summed E-state index contributed by atoms with van der Waals surface area (Å²) in [6, 6.07) is 6.80. The topological polar surface area (TPSA) is 76.9 Å². The molecule has 0 bridgehead atoms. The molecule has 2 aromatic rings. The van der Waals surface area contributed by atoms with E-state index >= 15 is 0 Å². The Morgan fingerprint density at radius 1 is 1.31 bits per heavy atom. The average molecular weight is 380 g/mol. The van der Waals surface area contributed by atoms with Crippen LogP contribution in [0.25, 0.3) is 5.69 Å². The molecule has 0 radical (unpaired) electrons. The van der Waals surface area contributed by atoms with E-state index in [1.165, 1.54) is 11.4 Å². The molecule has 1 aromatic heterocycles.